The van der Waals surface area contributed by atoms with E-state index in [9.17, 15) is 4.79 Å². The predicted octanol–water partition coefficient (Wildman–Crippen LogP) is 2.94. The van der Waals surface area contributed by atoms with E-state index in [1.165, 1.54) is 0 Å². The number of ether oxygens (including phenoxy) is 1. The molecule has 0 unspecified atom stereocenters. The van der Waals surface area contributed by atoms with Crippen LogP contribution in [0.3, 0.4) is 0 Å². The zero-order valence-electron chi connectivity index (χ0n) is 14.8. The van der Waals surface area contributed by atoms with Crippen molar-refractivity contribution in [2.24, 2.45) is 0 Å². The van der Waals surface area contributed by atoms with E-state index in [0.29, 0.717) is 31.2 Å². The van der Waals surface area contributed by atoms with Crippen molar-refractivity contribution in [2.45, 2.75) is 26.2 Å². The van der Waals surface area contributed by atoms with Crippen molar-refractivity contribution >= 4 is 5.91 Å². The number of aromatic nitrogens is 2. The number of benzene rings is 1. The molecule has 1 aromatic carbocycles. The topological polar surface area (TPSA) is 90.4 Å². The van der Waals surface area contributed by atoms with Crippen molar-refractivity contribution in [3.05, 3.63) is 53.8 Å². The lowest BCUT2D eigenvalue weighted by atomic mass is 10.1. The Morgan fingerprint density at radius 2 is 1.96 bits per heavy atom. The molecule has 0 bridgehead atoms. The predicted molar refractivity (Wildman–Crippen MR) is 94.8 cm³/mol. The van der Waals surface area contributed by atoms with E-state index < -0.39 is 0 Å². The Bertz CT molecular complexity index is 852. The Hall–Kier alpha value is -3.09. The number of carbonyl (C=O) groups excluding carboxylic acids is 1. The average molecular weight is 355 g/mol. The molecule has 7 nitrogen and oxygen atoms in total. The summed E-state index contributed by atoms with van der Waals surface area (Å²) in [6, 6.07) is 9.57. The van der Waals surface area contributed by atoms with E-state index in [1.807, 2.05) is 31.2 Å². The second kappa shape index (κ2) is 8.33. The minimum Gasteiger partial charge on any atom is -0.497 e. The van der Waals surface area contributed by atoms with Gasteiger partial charge in [-0.3, -0.25) is 4.79 Å². The molecule has 0 saturated carbocycles. The van der Waals surface area contributed by atoms with E-state index in [0.717, 1.165) is 29.1 Å². The van der Waals surface area contributed by atoms with Gasteiger partial charge in [-0.15, -0.1) is 10.2 Å². The number of amides is 1. The van der Waals surface area contributed by atoms with Gasteiger partial charge in [-0.2, -0.15) is 0 Å². The van der Waals surface area contributed by atoms with Crippen molar-refractivity contribution in [3.8, 4) is 17.2 Å². The highest BCUT2D eigenvalue weighted by molar-refractivity contribution is 5.76. The van der Waals surface area contributed by atoms with Crippen LogP contribution >= 0.6 is 0 Å². The third-order valence-corrected chi connectivity index (χ3v) is 4.02. The highest BCUT2D eigenvalue weighted by atomic mass is 16.5. The summed E-state index contributed by atoms with van der Waals surface area (Å²) in [6.07, 6.45) is 3.04. The molecule has 26 heavy (non-hydrogen) atoms. The number of nitrogens with zero attached hydrogens (tertiary/aromatic N) is 2. The Morgan fingerprint density at radius 1 is 1.15 bits per heavy atom. The maximum absolute atomic E-state index is 12.0. The zero-order chi connectivity index (χ0) is 18.4. The van der Waals surface area contributed by atoms with Gasteiger partial charge >= 0.3 is 0 Å². The van der Waals surface area contributed by atoms with Gasteiger partial charge in [-0.25, -0.2) is 0 Å². The molecular weight excluding hydrogens is 334 g/mol. The number of nitrogens with one attached hydrogen (secondary N) is 1. The third kappa shape index (κ3) is 4.50. The van der Waals surface area contributed by atoms with Crippen molar-refractivity contribution < 1.29 is 18.4 Å². The number of aryl methyl sites for hydroxylation is 2. The van der Waals surface area contributed by atoms with E-state index in [4.69, 9.17) is 13.6 Å². The number of furan rings is 1. The van der Waals surface area contributed by atoms with Crippen LogP contribution in [0.2, 0.25) is 0 Å². The van der Waals surface area contributed by atoms with Crippen LogP contribution in [0.4, 0.5) is 0 Å². The first-order valence-corrected chi connectivity index (χ1v) is 8.42. The molecule has 2 heterocycles. The average Bonchev–Trinajstić information content (AvgIpc) is 3.29. The fraction of sp³-hybridized carbons (Fsp3) is 0.316. The van der Waals surface area contributed by atoms with Crippen molar-refractivity contribution in [2.75, 3.05) is 13.7 Å². The fourth-order valence-electron chi connectivity index (χ4n) is 2.52. The van der Waals surface area contributed by atoms with Crippen LogP contribution in [0.25, 0.3) is 11.5 Å². The normalized spacial score (nSPS) is 10.7. The van der Waals surface area contributed by atoms with Gasteiger partial charge in [-0.1, -0.05) is 12.1 Å². The van der Waals surface area contributed by atoms with Crippen LogP contribution in [-0.2, 0) is 17.6 Å². The van der Waals surface area contributed by atoms with Crippen LogP contribution in [0.5, 0.6) is 5.75 Å². The lowest BCUT2D eigenvalue weighted by Gasteiger charge is -2.05. The molecule has 0 fully saturated rings. The van der Waals surface area contributed by atoms with Gasteiger partial charge in [0.1, 0.15) is 11.5 Å². The first-order valence-electron chi connectivity index (χ1n) is 8.42. The molecule has 7 heteroatoms. The van der Waals surface area contributed by atoms with E-state index in [1.54, 1.807) is 19.4 Å². The summed E-state index contributed by atoms with van der Waals surface area (Å²) in [5.74, 6) is 2.34. The van der Waals surface area contributed by atoms with E-state index in [2.05, 4.69) is 15.5 Å². The highest BCUT2D eigenvalue weighted by Gasteiger charge is 2.13. The van der Waals surface area contributed by atoms with Crippen molar-refractivity contribution in [1.29, 1.82) is 0 Å². The van der Waals surface area contributed by atoms with Gasteiger partial charge < -0.3 is 18.9 Å². The van der Waals surface area contributed by atoms with Gasteiger partial charge in [0, 0.05) is 19.4 Å². The highest BCUT2D eigenvalue weighted by Crippen LogP contribution is 2.22. The summed E-state index contributed by atoms with van der Waals surface area (Å²) in [7, 11) is 1.64. The molecule has 0 saturated heterocycles. The smallest absolute Gasteiger partial charge is 0.251 e. The second-order valence-electron chi connectivity index (χ2n) is 5.84. The Kier molecular flexibility index (Phi) is 5.68. The summed E-state index contributed by atoms with van der Waals surface area (Å²) in [5, 5.41) is 10.9. The van der Waals surface area contributed by atoms with E-state index in [-0.39, 0.29) is 5.91 Å². The lowest BCUT2D eigenvalue weighted by Crippen LogP contribution is -2.25. The zero-order valence-corrected chi connectivity index (χ0v) is 14.8. The molecule has 1 N–H and O–H groups in total. The summed E-state index contributed by atoms with van der Waals surface area (Å²) < 4.78 is 15.9. The van der Waals surface area contributed by atoms with Gasteiger partial charge in [0.25, 0.3) is 5.89 Å². The summed E-state index contributed by atoms with van der Waals surface area (Å²) in [5.41, 5.74) is 1.91. The van der Waals surface area contributed by atoms with Crippen LogP contribution in [0, 0.1) is 6.92 Å². The Balaban J connectivity index is 1.41. The first kappa shape index (κ1) is 17.7. The molecule has 3 aromatic rings. The minimum atomic E-state index is -0.0437. The lowest BCUT2D eigenvalue weighted by molar-refractivity contribution is -0.121. The van der Waals surface area contributed by atoms with Gasteiger partial charge in [-0.05, 0) is 37.1 Å². The van der Waals surface area contributed by atoms with E-state index >= 15 is 0 Å². The largest absolute Gasteiger partial charge is 0.497 e. The maximum atomic E-state index is 12.0. The first-order chi connectivity index (χ1) is 12.7. The second-order valence-corrected chi connectivity index (χ2v) is 5.84. The molecule has 0 radical (unpaired) electrons. The molecule has 0 aliphatic carbocycles. The fourth-order valence-corrected chi connectivity index (χ4v) is 2.52. The standard InChI is InChI=1S/C19H21N3O4/c1-13-16(10-12-25-13)19-22-21-18(26-19)8-7-17(23)20-11-9-14-3-5-15(24-2)6-4-14/h3-6,10,12H,7-9,11H2,1-2H3,(H,20,23). The Labute approximate surface area is 151 Å². The molecule has 0 aliphatic rings. The molecule has 0 atom stereocenters. The summed E-state index contributed by atoms with van der Waals surface area (Å²) in [6.45, 7) is 2.41. The molecule has 136 valence electrons. The van der Waals surface area contributed by atoms with Crippen LogP contribution in [0.15, 0.2) is 45.4 Å². The molecule has 0 spiro atoms. The maximum Gasteiger partial charge on any atom is 0.251 e. The molecule has 3 rings (SSSR count). The number of carbonyl (C=O) groups is 1. The molecule has 1 amide bonds. The monoisotopic (exact) mass is 355 g/mol. The van der Waals surface area contributed by atoms with Crippen LogP contribution < -0.4 is 10.1 Å². The third-order valence-electron chi connectivity index (χ3n) is 4.02. The van der Waals surface area contributed by atoms with Crippen molar-refractivity contribution in [3.63, 3.8) is 0 Å². The van der Waals surface area contributed by atoms with Crippen molar-refractivity contribution in [1.82, 2.24) is 15.5 Å². The molecule has 0 aliphatic heterocycles. The van der Waals surface area contributed by atoms with Gasteiger partial charge in [0.15, 0.2) is 0 Å². The minimum absolute atomic E-state index is 0.0437. The Morgan fingerprint density at radius 3 is 2.65 bits per heavy atom. The molecular formula is C19H21N3O4. The van der Waals surface area contributed by atoms with Crippen LogP contribution in [0.1, 0.15) is 23.6 Å². The number of hydrogen-bond donors (Lipinski definition) is 1. The van der Waals surface area contributed by atoms with Gasteiger partial charge in [0.2, 0.25) is 11.8 Å². The quantitative estimate of drug-likeness (QED) is 0.668. The number of hydrogen-bond acceptors (Lipinski definition) is 6. The summed E-state index contributed by atoms with van der Waals surface area (Å²) >= 11 is 0. The SMILES string of the molecule is COc1ccc(CCNC(=O)CCc2nnc(-c3ccoc3C)o2)cc1. The number of rotatable bonds is 8. The summed E-state index contributed by atoms with van der Waals surface area (Å²) in [4.78, 5) is 12.0. The van der Waals surface area contributed by atoms with Crippen LogP contribution in [-0.4, -0.2) is 29.8 Å². The molecule has 2 aromatic heterocycles. The number of methoxy groups -OCH3 is 1. The van der Waals surface area contributed by atoms with Gasteiger partial charge in [0.05, 0.1) is 18.9 Å².